The van der Waals surface area contributed by atoms with Crippen LogP contribution in [0.3, 0.4) is 0 Å². The van der Waals surface area contributed by atoms with Crippen molar-refractivity contribution in [2.24, 2.45) is 0 Å². The second kappa shape index (κ2) is 35.5. The Hall–Kier alpha value is 0.461. The van der Waals surface area contributed by atoms with Crippen molar-refractivity contribution in [3.63, 3.8) is 0 Å². The van der Waals surface area contributed by atoms with Gasteiger partial charge in [0.15, 0.2) is 0 Å². The Labute approximate surface area is 186 Å². The summed E-state index contributed by atoms with van der Waals surface area (Å²) in [5.74, 6) is -0.409. The van der Waals surface area contributed by atoms with Gasteiger partial charge in [-0.2, -0.15) is 6.08 Å². The maximum absolute atomic E-state index is 10.3. The topological polar surface area (TPSA) is 40.9 Å². The second-order valence-corrected chi connectivity index (χ2v) is 6.74. The molecular weight excluding hydrogens is 405 g/mol. The van der Waals surface area contributed by atoms with Gasteiger partial charge in [0.2, 0.25) is 0 Å². The van der Waals surface area contributed by atoms with Crippen molar-refractivity contribution in [1.82, 2.24) is 0 Å². The van der Waals surface area contributed by atoms with E-state index >= 15 is 0 Å². The molecule has 1 amide bonds. The molecule has 0 aromatic heterocycles. The third-order valence-electron chi connectivity index (χ3n) is 3.09. The molecule has 0 aromatic carbocycles. The minimum atomic E-state index is -0.409. The Morgan fingerprint density at radius 2 is 1.44 bits per heavy atom. The van der Waals surface area contributed by atoms with Crippen LogP contribution in [-0.2, 0) is 26.5 Å². The Balaban J connectivity index is -0.000000102. The van der Waals surface area contributed by atoms with Crippen LogP contribution in [0.4, 0.5) is 0 Å². The van der Waals surface area contributed by atoms with Gasteiger partial charge in [0.05, 0.1) is 0 Å². The molecule has 0 fully saturated rings. The van der Waals surface area contributed by atoms with Crippen molar-refractivity contribution in [3.8, 4) is 0 Å². The van der Waals surface area contributed by atoms with Gasteiger partial charge in [-0.05, 0) is 12.8 Å². The molecule has 0 bridgehead atoms. The average molecular weight is 441 g/mol. The van der Waals surface area contributed by atoms with E-state index in [4.69, 9.17) is 5.73 Å². The summed E-state index contributed by atoms with van der Waals surface area (Å²) in [6.07, 6.45) is 21.8. The largest absolute Gasteiger partial charge is 4.00 e. The van der Waals surface area contributed by atoms with Gasteiger partial charge in [-0.1, -0.05) is 71.4 Å². The number of hydrogen-bond donors (Lipinski definition) is 0. The fourth-order valence-corrected chi connectivity index (χ4v) is 1.94. The van der Waals surface area contributed by atoms with Crippen LogP contribution in [0.5, 0.6) is 0 Å². The number of nitrogens with one attached hydrogen (secondary N) is 1. The number of unbranched alkanes of at least 4 members (excludes halogenated alkanes) is 8. The first-order chi connectivity index (χ1) is 10.7. The summed E-state index contributed by atoms with van der Waals surface area (Å²) >= 11 is 0. The summed E-state index contributed by atoms with van der Waals surface area (Å²) in [4.78, 5) is 10.3. The third kappa shape index (κ3) is 45.5. The van der Waals surface area contributed by atoms with Gasteiger partial charge < -0.3 is 35.3 Å². The van der Waals surface area contributed by atoms with E-state index < -0.39 is 5.91 Å². The van der Waals surface area contributed by atoms with Crippen molar-refractivity contribution in [1.29, 1.82) is 0 Å². The molecule has 0 aromatic rings. The predicted octanol–water partition coefficient (Wildman–Crippen LogP) is 0.316. The number of carbonyl (C=O) groups excluding carboxylic acids is 1. The molecule has 1 radical (unpaired) electrons. The van der Waals surface area contributed by atoms with E-state index in [1.54, 1.807) is 0 Å². The molecule has 0 heterocycles. The number of carbonyl (C=O) groups is 1. The van der Waals surface area contributed by atoms with Crippen LogP contribution in [0, 0.1) is 6.08 Å². The molecule has 0 aliphatic heterocycles. The summed E-state index contributed by atoms with van der Waals surface area (Å²) in [5.41, 5.74) is 6.73. The zero-order chi connectivity index (χ0) is 16.9. The van der Waals surface area contributed by atoms with Crippen molar-refractivity contribution in [3.05, 3.63) is 30.0 Å². The van der Waals surface area contributed by atoms with Gasteiger partial charge in [0.25, 0.3) is 0 Å². The summed E-state index contributed by atoms with van der Waals surface area (Å²) in [6, 6.07) is 0. The van der Waals surface area contributed by atoms with Gasteiger partial charge in [0, 0.05) is 15.4 Å². The normalized spacial score (nSPS) is 10.0. The van der Waals surface area contributed by atoms with E-state index in [-0.39, 0.29) is 46.5 Å². The summed E-state index contributed by atoms with van der Waals surface area (Å²) in [7, 11) is 0.750. The summed E-state index contributed by atoms with van der Waals surface area (Å²) < 4.78 is 0. The molecular formula is C19H36Cl2NOSiTi. The van der Waals surface area contributed by atoms with Crippen molar-refractivity contribution in [2.75, 3.05) is 0 Å². The quantitative estimate of drug-likeness (QED) is 0.274. The Morgan fingerprint density at radius 3 is 1.72 bits per heavy atom. The van der Waals surface area contributed by atoms with Gasteiger partial charge >= 0.3 is 21.7 Å². The zero-order valence-electron chi connectivity index (χ0n) is 16.3. The molecule has 0 saturated heterocycles. The van der Waals surface area contributed by atoms with E-state index in [1.807, 2.05) is 12.2 Å². The summed E-state index contributed by atoms with van der Waals surface area (Å²) in [6.45, 7) is 6.65. The van der Waals surface area contributed by atoms with Gasteiger partial charge in [-0.25, -0.2) is 12.2 Å². The van der Waals surface area contributed by atoms with Crippen LogP contribution in [0.25, 0.3) is 5.73 Å². The Morgan fingerprint density at radius 1 is 1.00 bits per heavy atom. The zero-order valence-corrected chi connectivity index (χ0v) is 20.5. The van der Waals surface area contributed by atoms with Crippen LogP contribution in [0.1, 0.15) is 77.6 Å². The maximum Gasteiger partial charge on any atom is 4.00 e. The Kier molecular flexibility index (Phi) is 51.7. The average Bonchev–Trinajstić information content (AvgIpc) is 3.05. The molecule has 1 N–H and O–H groups in total. The minimum Gasteiger partial charge on any atom is -1.00 e. The van der Waals surface area contributed by atoms with Gasteiger partial charge in [-0.3, -0.25) is 6.08 Å². The number of allylic oxidation sites excluding steroid dienone is 4. The van der Waals surface area contributed by atoms with Gasteiger partial charge in [-0.15, -0.1) is 6.42 Å². The number of rotatable bonds is 10. The molecule has 0 atom stereocenters. The molecule has 0 spiro atoms. The van der Waals surface area contributed by atoms with E-state index in [1.165, 1.54) is 44.9 Å². The van der Waals surface area contributed by atoms with Crippen molar-refractivity contribution < 1.29 is 51.3 Å². The van der Waals surface area contributed by atoms with Crippen LogP contribution in [0.2, 0.25) is 13.1 Å². The van der Waals surface area contributed by atoms with Crippen molar-refractivity contribution in [2.45, 2.75) is 90.6 Å². The Bertz CT molecular complexity index is 281. The standard InChI is InChI=1S/C12H25NO.C5H5.C2H7Si.2ClH.Ti/c1-2-3-4-5-6-7-8-9-10-11-12(13)14;1-2-4-5-3-1;1-3-2;;;/h2-11H2,1H3,(H2,13,14);1-3H,4H2;3H,1-2H3;2*1H;/q;-1;;;;+4/p-3. The maximum atomic E-state index is 10.3. The molecule has 2 nitrogen and oxygen atoms in total. The number of hydrogen-bond acceptors (Lipinski definition) is 1. The molecule has 1 aliphatic carbocycles. The molecule has 25 heavy (non-hydrogen) atoms. The molecule has 1 rings (SSSR count). The van der Waals surface area contributed by atoms with Crippen LogP contribution < -0.4 is 24.8 Å². The smallest absolute Gasteiger partial charge is 1.00 e. The predicted molar refractivity (Wildman–Crippen MR) is 102 cm³/mol. The van der Waals surface area contributed by atoms with Crippen LogP contribution in [-0.4, -0.2) is 15.4 Å². The molecule has 0 unspecified atom stereocenters. The first-order valence-corrected chi connectivity index (χ1v) is 11.2. The monoisotopic (exact) mass is 440 g/mol. The fourth-order valence-electron chi connectivity index (χ4n) is 1.94. The minimum absolute atomic E-state index is 0. The first kappa shape index (κ1) is 36.4. The molecule has 145 valence electrons. The SMILES string of the molecule is CCCCCCCCCCCC([NH-])=O.C[SiH]C.[C-]1=CC=CC1.[Cl-].[Cl-].[Ti+4]. The third-order valence-corrected chi connectivity index (χ3v) is 3.09. The van der Waals surface area contributed by atoms with Crippen molar-refractivity contribution >= 4 is 15.4 Å². The van der Waals surface area contributed by atoms with Gasteiger partial charge in [0.1, 0.15) is 0 Å². The molecule has 6 heteroatoms. The number of amides is 1. The molecule has 1 aliphatic rings. The van der Waals surface area contributed by atoms with E-state index in [9.17, 15) is 4.79 Å². The van der Waals surface area contributed by atoms with E-state index in [0.29, 0.717) is 6.42 Å². The van der Waals surface area contributed by atoms with Crippen LogP contribution in [0.15, 0.2) is 18.2 Å². The summed E-state index contributed by atoms with van der Waals surface area (Å²) in [5, 5.41) is 0. The number of halogens is 2. The second-order valence-electron chi connectivity index (χ2n) is 5.58. The fraction of sp³-hybridized carbons (Fsp3) is 0.737. The van der Waals surface area contributed by atoms with E-state index in [2.05, 4.69) is 32.2 Å². The molecule has 0 saturated carbocycles. The van der Waals surface area contributed by atoms with Crippen LogP contribution >= 0.6 is 0 Å². The first-order valence-electron chi connectivity index (χ1n) is 8.89. The van der Waals surface area contributed by atoms with E-state index in [0.717, 1.165) is 28.8 Å².